The molecular formula is C36H48N2O2. The van der Waals surface area contributed by atoms with Crippen molar-refractivity contribution in [2.24, 2.45) is 20.8 Å². The van der Waals surface area contributed by atoms with Gasteiger partial charge in [-0.15, -0.1) is 0 Å². The summed E-state index contributed by atoms with van der Waals surface area (Å²) in [6.07, 6.45) is 5.32. The molecule has 0 radical (unpaired) electrons. The number of benzene rings is 3. The molecule has 0 aliphatic carbocycles. The van der Waals surface area contributed by atoms with E-state index in [9.17, 15) is 10.2 Å². The number of aromatic hydroxyl groups is 2. The molecule has 3 rings (SSSR count). The average Bonchev–Trinajstić information content (AvgIpc) is 2.82. The molecule has 0 heterocycles. The summed E-state index contributed by atoms with van der Waals surface area (Å²) in [5.74, 6) is 0.993. The molecule has 0 bridgehead atoms. The van der Waals surface area contributed by atoms with Crippen LogP contribution < -0.4 is 0 Å². The minimum Gasteiger partial charge on any atom is -0.507 e. The number of aliphatic imine (C=N–C) groups is 2. The summed E-state index contributed by atoms with van der Waals surface area (Å²) in [6.45, 7) is 21.7. The van der Waals surface area contributed by atoms with Crippen LogP contribution in [0.25, 0.3) is 0 Å². The minimum absolute atomic E-state index is 0.141. The van der Waals surface area contributed by atoms with E-state index in [4.69, 9.17) is 9.98 Å². The van der Waals surface area contributed by atoms with Gasteiger partial charge in [0.15, 0.2) is 0 Å². The second-order valence-corrected chi connectivity index (χ2v) is 14.1. The van der Waals surface area contributed by atoms with Crippen molar-refractivity contribution in [1.29, 1.82) is 0 Å². The van der Waals surface area contributed by atoms with Crippen molar-refractivity contribution in [2.45, 2.75) is 93.9 Å². The molecular weight excluding hydrogens is 492 g/mol. The van der Waals surface area contributed by atoms with Gasteiger partial charge in [0.05, 0.1) is 11.4 Å². The van der Waals surface area contributed by atoms with Gasteiger partial charge in [-0.2, -0.15) is 0 Å². The first-order chi connectivity index (χ1) is 18.5. The normalized spacial score (nSPS) is 12.9. The monoisotopic (exact) mass is 540 g/mol. The maximum Gasteiger partial charge on any atom is 0.127 e. The third-order valence-corrected chi connectivity index (χ3v) is 6.71. The molecule has 0 saturated heterocycles. The van der Waals surface area contributed by atoms with Crippen LogP contribution in [-0.2, 0) is 12.8 Å². The van der Waals surface area contributed by atoms with Gasteiger partial charge in [0, 0.05) is 23.6 Å². The van der Waals surface area contributed by atoms with Crippen LogP contribution in [0.3, 0.4) is 0 Å². The summed E-state index contributed by atoms with van der Waals surface area (Å²) < 4.78 is 0. The molecule has 3 aromatic rings. The molecule has 4 heteroatoms. The molecule has 40 heavy (non-hydrogen) atoms. The number of hydrogen-bond acceptors (Lipinski definition) is 4. The highest BCUT2D eigenvalue weighted by atomic mass is 16.3. The number of rotatable bonds is 8. The summed E-state index contributed by atoms with van der Waals surface area (Å²) >= 11 is 0. The number of phenols is 2. The largest absolute Gasteiger partial charge is 0.507 e. The Morgan fingerprint density at radius 1 is 0.625 bits per heavy atom. The summed E-state index contributed by atoms with van der Waals surface area (Å²) in [6, 6.07) is 16.0. The fourth-order valence-corrected chi connectivity index (χ4v) is 4.94. The van der Waals surface area contributed by atoms with Gasteiger partial charge in [-0.25, -0.2) is 0 Å². The Bertz CT molecular complexity index is 1280. The highest BCUT2D eigenvalue weighted by molar-refractivity contribution is 5.88. The highest BCUT2D eigenvalue weighted by Gasteiger charge is 2.18. The molecule has 0 saturated carbocycles. The fraction of sp³-hybridized carbons (Fsp3) is 0.444. The van der Waals surface area contributed by atoms with Gasteiger partial charge < -0.3 is 10.2 Å². The van der Waals surface area contributed by atoms with Crippen LogP contribution >= 0.6 is 0 Å². The fourth-order valence-electron chi connectivity index (χ4n) is 4.94. The van der Waals surface area contributed by atoms with E-state index < -0.39 is 0 Å². The second kappa shape index (κ2) is 12.4. The molecule has 4 nitrogen and oxygen atoms in total. The van der Waals surface area contributed by atoms with Gasteiger partial charge in [-0.05, 0) is 88.1 Å². The third kappa shape index (κ3) is 8.81. The van der Waals surface area contributed by atoms with Crippen LogP contribution in [0.5, 0.6) is 11.5 Å². The van der Waals surface area contributed by atoms with E-state index in [0.29, 0.717) is 0 Å². The maximum atomic E-state index is 11.0. The van der Waals surface area contributed by atoms with Gasteiger partial charge in [-0.3, -0.25) is 9.98 Å². The van der Waals surface area contributed by atoms with Crippen molar-refractivity contribution in [3.8, 4) is 11.5 Å². The lowest BCUT2D eigenvalue weighted by Gasteiger charge is -2.20. The Kier molecular flexibility index (Phi) is 9.66. The Labute approximate surface area is 241 Å². The van der Waals surface area contributed by atoms with E-state index in [1.807, 2.05) is 36.4 Å². The van der Waals surface area contributed by atoms with Crippen LogP contribution in [0.15, 0.2) is 58.5 Å². The predicted octanol–water partition coefficient (Wildman–Crippen LogP) is 10.0. The molecule has 214 valence electrons. The van der Waals surface area contributed by atoms with E-state index >= 15 is 0 Å². The van der Waals surface area contributed by atoms with Crippen molar-refractivity contribution < 1.29 is 10.2 Å². The second-order valence-electron chi connectivity index (χ2n) is 14.1. The zero-order valence-corrected chi connectivity index (χ0v) is 26.1. The van der Waals surface area contributed by atoms with Gasteiger partial charge >= 0.3 is 0 Å². The Balaban J connectivity index is 1.93. The predicted molar refractivity (Wildman–Crippen MR) is 172 cm³/mol. The standard InChI is InChI=1S/C36H48N2O2/c1-23(2)31-16-25(19-35(5,6)7)14-27(33(31)39)21-37-29-12-11-13-30(18-29)38-22-28-15-26(20-36(8,9)10)17-32(24(3)4)34(28)40/h11-18,21-24,39-40H,19-20H2,1-10H3. The van der Waals surface area contributed by atoms with Gasteiger partial charge in [-0.1, -0.05) is 87.4 Å². The lowest BCUT2D eigenvalue weighted by atomic mass is 9.85. The first kappa shape index (κ1) is 31.1. The summed E-state index contributed by atoms with van der Waals surface area (Å²) in [7, 11) is 0. The summed E-state index contributed by atoms with van der Waals surface area (Å²) in [5, 5.41) is 21.9. The van der Waals surface area contributed by atoms with Gasteiger partial charge in [0.2, 0.25) is 0 Å². The van der Waals surface area contributed by atoms with E-state index in [1.165, 1.54) is 11.1 Å². The smallest absolute Gasteiger partial charge is 0.127 e. The van der Waals surface area contributed by atoms with Crippen molar-refractivity contribution >= 4 is 23.8 Å². The number of nitrogens with zero attached hydrogens (tertiary/aromatic N) is 2. The van der Waals surface area contributed by atoms with Crippen molar-refractivity contribution in [3.63, 3.8) is 0 Å². The zero-order valence-electron chi connectivity index (χ0n) is 26.1. The van der Waals surface area contributed by atoms with Crippen molar-refractivity contribution in [3.05, 3.63) is 81.9 Å². The molecule has 0 unspecified atom stereocenters. The number of hydrogen-bond donors (Lipinski definition) is 2. The average molecular weight is 541 g/mol. The van der Waals surface area contributed by atoms with Crippen LogP contribution in [0.2, 0.25) is 0 Å². The molecule has 0 aliphatic heterocycles. The topological polar surface area (TPSA) is 65.2 Å². The molecule has 0 aromatic heterocycles. The van der Waals surface area contributed by atoms with E-state index in [-0.39, 0.29) is 34.2 Å². The SMILES string of the molecule is CC(C)c1cc(CC(C)(C)C)cc(C=Nc2cccc(N=Cc3cc(CC(C)(C)C)cc(C(C)C)c3O)c2)c1O. The molecule has 0 spiro atoms. The molecule has 0 fully saturated rings. The number of phenolic OH excluding ortho intramolecular Hbond substituents is 2. The van der Waals surface area contributed by atoms with E-state index in [2.05, 4.69) is 81.4 Å². The summed E-state index contributed by atoms with van der Waals surface area (Å²) in [5.41, 5.74) is 7.50. The molecule has 0 aliphatic rings. The molecule has 2 N–H and O–H groups in total. The Morgan fingerprint density at radius 3 is 1.32 bits per heavy atom. The lowest BCUT2D eigenvalue weighted by Crippen LogP contribution is -2.10. The van der Waals surface area contributed by atoms with E-state index in [0.717, 1.165) is 46.5 Å². The van der Waals surface area contributed by atoms with Crippen LogP contribution in [-0.4, -0.2) is 22.6 Å². The maximum absolute atomic E-state index is 11.0. The Hall–Kier alpha value is -3.40. The van der Waals surface area contributed by atoms with Crippen molar-refractivity contribution in [1.82, 2.24) is 0 Å². The van der Waals surface area contributed by atoms with Crippen LogP contribution in [0.1, 0.15) is 114 Å². The quantitative estimate of drug-likeness (QED) is 0.279. The summed E-state index contributed by atoms with van der Waals surface area (Å²) in [4.78, 5) is 9.38. The third-order valence-electron chi connectivity index (χ3n) is 6.71. The molecule has 0 amide bonds. The first-order valence-electron chi connectivity index (χ1n) is 14.4. The minimum atomic E-state index is 0.141. The van der Waals surface area contributed by atoms with E-state index in [1.54, 1.807) is 12.4 Å². The molecule has 3 aromatic carbocycles. The highest BCUT2D eigenvalue weighted by Crippen LogP contribution is 2.34. The zero-order chi connectivity index (χ0) is 29.8. The van der Waals surface area contributed by atoms with Crippen LogP contribution in [0, 0.1) is 10.8 Å². The van der Waals surface area contributed by atoms with Gasteiger partial charge in [0.25, 0.3) is 0 Å². The van der Waals surface area contributed by atoms with Crippen LogP contribution in [0.4, 0.5) is 11.4 Å². The Morgan fingerprint density at radius 2 is 1.00 bits per heavy atom. The van der Waals surface area contributed by atoms with Gasteiger partial charge in [0.1, 0.15) is 11.5 Å². The van der Waals surface area contributed by atoms with Crippen molar-refractivity contribution in [2.75, 3.05) is 0 Å². The first-order valence-corrected chi connectivity index (χ1v) is 14.4. The lowest BCUT2D eigenvalue weighted by molar-refractivity contribution is 0.409. The molecule has 0 atom stereocenters.